The van der Waals surface area contributed by atoms with Crippen molar-refractivity contribution in [1.82, 2.24) is 4.90 Å². The Bertz CT molecular complexity index is 154. The summed E-state index contributed by atoms with van der Waals surface area (Å²) in [6.45, 7) is -0.947. The molecule has 0 aromatic rings. The highest BCUT2D eigenvalue weighted by atomic mass is 35.5. The molecule has 0 aromatic heterocycles. The van der Waals surface area contributed by atoms with E-state index in [9.17, 15) is 13.6 Å². The van der Waals surface area contributed by atoms with Gasteiger partial charge in [0.15, 0.2) is 0 Å². The molecule has 1 aliphatic rings. The number of carbonyl (C=O) groups excluding carboxylic acids is 1. The predicted molar refractivity (Wildman–Crippen MR) is 32.2 cm³/mol. The SMILES string of the molecule is O=C(CCl)N1CC(F)(F)C1. The summed E-state index contributed by atoms with van der Waals surface area (Å²) in [5, 5.41) is 0. The summed E-state index contributed by atoms with van der Waals surface area (Å²) >= 11 is 5.12. The average Bonchev–Trinajstić information content (AvgIpc) is 1.81. The zero-order valence-corrected chi connectivity index (χ0v) is 5.87. The van der Waals surface area contributed by atoms with Gasteiger partial charge < -0.3 is 4.90 Å². The van der Waals surface area contributed by atoms with Gasteiger partial charge in [-0.2, -0.15) is 0 Å². The van der Waals surface area contributed by atoms with Crippen LogP contribution >= 0.6 is 11.6 Å². The van der Waals surface area contributed by atoms with E-state index in [4.69, 9.17) is 11.6 Å². The van der Waals surface area contributed by atoms with Gasteiger partial charge in [-0.05, 0) is 0 Å². The molecule has 1 saturated heterocycles. The minimum absolute atomic E-state index is 0.212. The van der Waals surface area contributed by atoms with Crippen molar-refractivity contribution >= 4 is 17.5 Å². The molecular weight excluding hydrogens is 164 g/mol. The van der Waals surface area contributed by atoms with Gasteiger partial charge >= 0.3 is 0 Å². The number of hydrogen-bond donors (Lipinski definition) is 0. The molecule has 0 atom stereocenters. The standard InChI is InChI=1S/C5H6ClF2NO/c6-1-4(10)9-2-5(7,8)3-9/h1-3H2. The third-order valence-electron chi connectivity index (χ3n) is 1.31. The van der Waals surface area contributed by atoms with Gasteiger partial charge in [-0.25, -0.2) is 8.78 Å². The van der Waals surface area contributed by atoms with Gasteiger partial charge in [-0.3, -0.25) is 4.79 Å². The van der Waals surface area contributed by atoms with Crippen LogP contribution in [-0.4, -0.2) is 35.7 Å². The van der Waals surface area contributed by atoms with E-state index in [1.807, 2.05) is 0 Å². The molecule has 5 heteroatoms. The van der Waals surface area contributed by atoms with Crippen LogP contribution in [0, 0.1) is 0 Å². The summed E-state index contributed by atoms with van der Waals surface area (Å²) in [6, 6.07) is 0. The maximum Gasteiger partial charge on any atom is 0.282 e. The van der Waals surface area contributed by atoms with Crippen molar-refractivity contribution < 1.29 is 13.6 Å². The Labute approximate surface area is 61.7 Å². The van der Waals surface area contributed by atoms with Crippen LogP contribution in [0.3, 0.4) is 0 Å². The van der Waals surface area contributed by atoms with Crippen LogP contribution in [0.25, 0.3) is 0 Å². The van der Waals surface area contributed by atoms with E-state index < -0.39 is 24.9 Å². The summed E-state index contributed by atoms with van der Waals surface area (Å²) in [4.78, 5) is 11.6. The zero-order valence-electron chi connectivity index (χ0n) is 5.11. The molecular formula is C5H6ClF2NO. The Morgan fingerprint density at radius 3 is 2.40 bits per heavy atom. The molecule has 1 rings (SSSR count). The Morgan fingerprint density at radius 2 is 2.10 bits per heavy atom. The third kappa shape index (κ3) is 1.37. The van der Waals surface area contributed by atoms with E-state index in [-0.39, 0.29) is 5.88 Å². The fourth-order valence-corrected chi connectivity index (χ4v) is 0.942. The molecule has 1 amide bonds. The number of rotatable bonds is 1. The fraction of sp³-hybridized carbons (Fsp3) is 0.800. The molecule has 0 aromatic carbocycles. The second-order valence-electron chi connectivity index (χ2n) is 2.24. The molecule has 0 saturated carbocycles. The molecule has 1 aliphatic heterocycles. The van der Waals surface area contributed by atoms with Crippen molar-refractivity contribution in [2.45, 2.75) is 5.92 Å². The zero-order chi connectivity index (χ0) is 7.78. The highest BCUT2D eigenvalue weighted by Gasteiger charge is 2.45. The molecule has 58 valence electrons. The van der Waals surface area contributed by atoms with Crippen LogP contribution in [0.2, 0.25) is 0 Å². The van der Waals surface area contributed by atoms with Gasteiger partial charge in [0.05, 0.1) is 13.1 Å². The lowest BCUT2D eigenvalue weighted by Gasteiger charge is -2.38. The monoisotopic (exact) mass is 169 g/mol. The van der Waals surface area contributed by atoms with Gasteiger partial charge in [0, 0.05) is 0 Å². The topological polar surface area (TPSA) is 20.3 Å². The van der Waals surface area contributed by atoms with E-state index >= 15 is 0 Å². The van der Waals surface area contributed by atoms with E-state index in [1.165, 1.54) is 0 Å². The molecule has 0 N–H and O–H groups in total. The van der Waals surface area contributed by atoms with Crippen LogP contribution in [0.5, 0.6) is 0 Å². The summed E-state index contributed by atoms with van der Waals surface area (Å²) < 4.78 is 24.1. The second-order valence-corrected chi connectivity index (χ2v) is 2.51. The number of hydrogen-bond acceptors (Lipinski definition) is 1. The smallest absolute Gasteiger partial charge is 0.282 e. The van der Waals surface area contributed by atoms with Gasteiger partial charge in [-0.15, -0.1) is 11.6 Å². The molecule has 10 heavy (non-hydrogen) atoms. The highest BCUT2D eigenvalue weighted by molar-refractivity contribution is 6.27. The molecule has 1 fully saturated rings. The highest BCUT2D eigenvalue weighted by Crippen LogP contribution is 2.26. The van der Waals surface area contributed by atoms with Crippen molar-refractivity contribution in [3.63, 3.8) is 0 Å². The molecule has 0 radical (unpaired) electrons. The Hall–Kier alpha value is -0.380. The minimum Gasteiger partial charge on any atom is -0.329 e. The molecule has 1 heterocycles. The van der Waals surface area contributed by atoms with E-state index in [0.29, 0.717) is 0 Å². The number of amides is 1. The van der Waals surface area contributed by atoms with Crippen molar-refractivity contribution in [1.29, 1.82) is 0 Å². The van der Waals surface area contributed by atoms with E-state index in [2.05, 4.69) is 0 Å². The number of likely N-dealkylation sites (tertiary alicyclic amines) is 1. The van der Waals surface area contributed by atoms with Gasteiger partial charge in [0.25, 0.3) is 5.92 Å². The van der Waals surface area contributed by atoms with Gasteiger partial charge in [0.1, 0.15) is 5.88 Å². The van der Waals surface area contributed by atoms with Crippen LogP contribution in [0.4, 0.5) is 8.78 Å². The average molecular weight is 170 g/mol. The summed E-state index contributed by atoms with van der Waals surface area (Å²) in [5.74, 6) is -3.31. The number of halogens is 3. The lowest BCUT2D eigenvalue weighted by atomic mass is 10.1. The maximum absolute atomic E-state index is 12.0. The number of nitrogens with zero attached hydrogens (tertiary/aromatic N) is 1. The Balaban J connectivity index is 2.33. The third-order valence-corrected chi connectivity index (χ3v) is 1.54. The lowest BCUT2D eigenvalue weighted by Crippen LogP contribution is -2.58. The molecule has 0 unspecified atom stereocenters. The Kier molecular flexibility index (Phi) is 1.81. The number of carbonyl (C=O) groups is 1. The molecule has 0 bridgehead atoms. The van der Waals surface area contributed by atoms with Crippen LogP contribution in [-0.2, 0) is 4.79 Å². The van der Waals surface area contributed by atoms with Crippen molar-refractivity contribution in [2.24, 2.45) is 0 Å². The van der Waals surface area contributed by atoms with E-state index in [1.54, 1.807) is 0 Å². The van der Waals surface area contributed by atoms with Gasteiger partial charge in [0.2, 0.25) is 5.91 Å². The first-order valence-corrected chi connectivity index (χ1v) is 3.30. The lowest BCUT2D eigenvalue weighted by molar-refractivity contribution is -0.163. The first kappa shape index (κ1) is 7.72. The molecule has 2 nitrogen and oxygen atoms in total. The van der Waals surface area contributed by atoms with Crippen LogP contribution < -0.4 is 0 Å². The number of alkyl halides is 3. The first-order valence-electron chi connectivity index (χ1n) is 2.77. The summed E-state index contributed by atoms with van der Waals surface area (Å²) in [6.07, 6.45) is 0. The molecule has 0 spiro atoms. The fourth-order valence-electron chi connectivity index (χ4n) is 0.773. The maximum atomic E-state index is 12.0. The van der Waals surface area contributed by atoms with E-state index in [0.717, 1.165) is 4.90 Å². The predicted octanol–water partition coefficient (Wildman–Crippen LogP) is 0.703. The largest absolute Gasteiger partial charge is 0.329 e. The van der Waals surface area contributed by atoms with Gasteiger partial charge in [-0.1, -0.05) is 0 Å². The van der Waals surface area contributed by atoms with Crippen molar-refractivity contribution in [3.8, 4) is 0 Å². The summed E-state index contributed by atoms with van der Waals surface area (Å²) in [5.41, 5.74) is 0. The Morgan fingerprint density at radius 1 is 1.60 bits per heavy atom. The quantitative estimate of drug-likeness (QED) is 0.530. The summed E-state index contributed by atoms with van der Waals surface area (Å²) in [7, 11) is 0. The first-order chi connectivity index (χ1) is 4.55. The normalized spacial score (nSPS) is 22.1. The van der Waals surface area contributed by atoms with Crippen molar-refractivity contribution in [3.05, 3.63) is 0 Å². The second kappa shape index (κ2) is 2.34. The van der Waals surface area contributed by atoms with Crippen LogP contribution in [0.15, 0.2) is 0 Å². The van der Waals surface area contributed by atoms with Crippen LogP contribution in [0.1, 0.15) is 0 Å². The molecule has 0 aliphatic carbocycles. The minimum atomic E-state index is -2.68. The van der Waals surface area contributed by atoms with Crippen molar-refractivity contribution in [2.75, 3.05) is 19.0 Å².